The third kappa shape index (κ3) is 1.85. The maximum Gasteiger partial charge on any atom is 0.292 e. The van der Waals surface area contributed by atoms with E-state index in [4.69, 9.17) is 29.4 Å². The van der Waals surface area contributed by atoms with Gasteiger partial charge >= 0.3 is 0 Å². The summed E-state index contributed by atoms with van der Waals surface area (Å²) in [4.78, 5) is 4.19. The summed E-state index contributed by atoms with van der Waals surface area (Å²) in [6.07, 6.45) is 0. The van der Waals surface area contributed by atoms with Crippen molar-refractivity contribution < 1.29 is 23.7 Å². The van der Waals surface area contributed by atoms with Crippen LogP contribution in [-0.4, -0.2) is 47.3 Å². The molecule has 0 bridgehead atoms. The van der Waals surface area contributed by atoms with Gasteiger partial charge in [-0.15, -0.1) is 0 Å². The SMILES string of the molecule is COc1cc([C@H]2[C@]3(C#N)C(N)=NC(OC)(OC)[C@]23C#N)cc(OC)c1OC. The monoisotopic (exact) mass is 372 g/mol. The van der Waals surface area contributed by atoms with Crippen molar-refractivity contribution in [3.05, 3.63) is 17.7 Å². The first-order valence-electron chi connectivity index (χ1n) is 8.02. The van der Waals surface area contributed by atoms with Crippen molar-refractivity contribution in [2.45, 2.75) is 11.8 Å². The molecule has 27 heavy (non-hydrogen) atoms. The number of methoxy groups -OCH3 is 5. The summed E-state index contributed by atoms with van der Waals surface area (Å²) in [5.74, 6) is -1.16. The van der Waals surface area contributed by atoms with Crippen LogP contribution in [0.1, 0.15) is 11.5 Å². The number of nitrogens with zero attached hydrogens (tertiary/aromatic N) is 3. The quantitative estimate of drug-likeness (QED) is 0.735. The van der Waals surface area contributed by atoms with Gasteiger partial charge in [0.15, 0.2) is 16.9 Å². The molecule has 0 radical (unpaired) electrons. The van der Waals surface area contributed by atoms with E-state index in [0.717, 1.165) is 0 Å². The van der Waals surface area contributed by atoms with E-state index in [1.807, 2.05) is 0 Å². The molecule has 0 unspecified atom stereocenters. The minimum Gasteiger partial charge on any atom is -0.493 e. The largest absolute Gasteiger partial charge is 0.493 e. The van der Waals surface area contributed by atoms with E-state index in [-0.39, 0.29) is 5.84 Å². The molecule has 1 aliphatic heterocycles. The van der Waals surface area contributed by atoms with Crippen molar-refractivity contribution in [2.24, 2.45) is 21.6 Å². The molecule has 0 aromatic heterocycles. The second kappa shape index (κ2) is 6.02. The van der Waals surface area contributed by atoms with Crippen molar-refractivity contribution in [3.8, 4) is 29.4 Å². The van der Waals surface area contributed by atoms with Gasteiger partial charge in [-0.1, -0.05) is 0 Å². The van der Waals surface area contributed by atoms with Crippen molar-refractivity contribution in [2.75, 3.05) is 35.5 Å². The minimum absolute atomic E-state index is 0.00555. The number of ether oxygens (including phenoxy) is 5. The normalized spacial score (nSPS) is 29.7. The first kappa shape index (κ1) is 18.8. The number of rotatable bonds is 6. The number of nitriles is 2. The van der Waals surface area contributed by atoms with Crippen molar-refractivity contribution in [1.29, 1.82) is 10.5 Å². The van der Waals surface area contributed by atoms with Crippen LogP contribution in [0.2, 0.25) is 0 Å². The number of benzene rings is 1. The highest BCUT2D eigenvalue weighted by atomic mass is 16.7. The van der Waals surface area contributed by atoms with Gasteiger partial charge in [0.05, 0.1) is 33.5 Å². The maximum absolute atomic E-state index is 10.1. The predicted octanol–water partition coefficient (Wildman–Crippen LogP) is 1.15. The van der Waals surface area contributed by atoms with Gasteiger partial charge < -0.3 is 29.4 Å². The molecule has 1 aromatic rings. The molecular weight excluding hydrogens is 352 g/mol. The van der Waals surface area contributed by atoms with Crippen LogP contribution in [0.5, 0.6) is 17.2 Å². The molecule has 9 nitrogen and oxygen atoms in total. The Morgan fingerprint density at radius 1 is 0.963 bits per heavy atom. The molecule has 0 saturated heterocycles. The summed E-state index contributed by atoms with van der Waals surface area (Å²) < 4.78 is 27.0. The zero-order chi connectivity index (χ0) is 20.0. The van der Waals surface area contributed by atoms with Crippen LogP contribution in [0, 0.1) is 33.5 Å². The highest BCUT2D eigenvalue weighted by Crippen LogP contribution is 2.82. The molecule has 1 heterocycles. The molecule has 3 rings (SSSR count). The zero-order valence-corrected chi connectivity index (χ0v) is 15.7. The van der Waals surface area contributed by atoms with Crippen molar-refractivity contribution in [1.82, 2.24) is 0 Å². The van der Waals surface area contributed by atoms with Gasteiger partial charge in [-0.05, 0) is 17.7 Å². The van der Waals surface area contributed by atoms with E-state index in [2.05, 4.69) is 17.1 Å². The average molecular weight is 372 g/mol. The van der Waals surface area contributed by atoms with E-state index in [9.17, 15) is 10.5 Å². The number of hydrogen-bond acceptors (Lipinski definition) is 9. The zero-order valence-electron chi connectivity index (χ0n) is 15.7. The highest BCUT2D eigenvalue weighted by Gasteiger charge is 2.93. The molecule has 0 amide bonds. The molecule has 2 N–H and O–H groups in total. The second-order valence-electron chi connectivity index (χ2n) is 6.22. The Hall–Kier alpha value is -3.01. The summed E-state index contributed by atoms with van der Waals surface area (Å²) in [5.41, 5.74) is 3.87. The Bertz CT molecular complexity index is 873. The number of nitrogens with two attached hydrogens (primary N) is 1. The summed E-state index contributed by atoms with van der Waals surface area (Å²) >= 11 is 0. The number of amidine groups is 1. The first-order valence-corrected chi connectivity index (χ1v) is 8.02. The molecular formula is C18H20N4O5. The summed E-state index contributed by atoms with van der Waals surface area (Å²) in [5, 5.41) is 20.1. The third-order valence-electron chi connectivity index (χ3n) is 5.50. The number of hydrogen-bond donors (Lipinski definition) is 1. The fraction of sp³-hybridized carbons (Fsp3) is 0.500. The van der Waals surface area contributed by atoms with Crippen LogP contribution in [0.4, 0.5) is 0 Å². The van der Waals surface area contributed by atoms with E-state index >= 15 is 0 Å². The lowest BCUT2D eigenvalue weighted by atomic mass is 9.93. The van der Waals surface area contributed by atoms with Gasteiger partial charge in [0.25, 0.3) is 5.91 Å². The fourth-order valence-corrected chi connectivity index (χ4v) is 4.29. The van der Waals surface area contributed by atoms with Gasteiger partial charge in [-0.2, -0.15) is 10.5 Å². The predicted molar refractivity (Wildman–Crippen MR) is 93.3 cm³/mol. The summed E-state index contributed by atoms with van der Waals surface area (Å²) in [6.45, 7) is 0. The molecule has 0 spiro atoms. The molecule has 9 heteroatoms. The Labute approximate surface area is 156 Å². The Morgan fingerprint density at radius 2 is 1.52 bits per heavy atom. The standard InChI is InChI=1S/C18H20N4O5/c1-23-11-6-10(7-12(24-2)13(11)25-3)14-16(8-19)15(21)22-18(26-4,27-5)17(14,16)9-20/h6-7,14H,1-5H3,(H2,21,22)/t14-,16+,17+/m0/s1. The molecule has 2 aliphatic rings. The van der Waals surface area contributed by atoms with E-state index in [1.165, 1.54) is 35.5 Å². The first-order chi connectivity index (χ1) is 12.9. The van der Waals surface area contributed by atoms with Crippen molar-refractivity contribution >= 4 is 5.84 Å². The van der Waals surface area contributed by atoms with Crippen LogP contribution in [-0.2, 0) is 9.47 Å². The molecule has 1 fully saturated rings. The van der Waals surface area contributed by atoms with Gasteiger partial charge in [-0.3, -0.25) is 0 Å². The molecule has 1 saturated carbocycles. The molecule has 3 atom stereocenters. The molecule has 142 valence electrons. The van der Waals surface area contributed by atoms with Gasteiger partial charge in [0.2, 0.25) is 5.75 Å². The van der Waals surface area contributed by atoms with Crippen LogP contribution < -0.4 is 19.9 Å². The van der Waals surface area contributed by atoms with Crippen molar-refractivity contribution in [3.63, 3.8) is 0 Å². The van der Waals surface area contributed by atoms with E-state index in [1.54, 1.807) is 12.1 Å². The van der Waals surface area contributed by atoms with E-state index in [0.29, 0.717) is 22.8 Å². The number of aliphatic imine (C=N–C) groups is 1. The summed E-state index contributed by atoms with van der Waals surface area (Å²) in [6, 6.07) is 7.75. The highest BCUT2D eigenvalue weighted by molar-refractivity contribution is 6.00. The van der Waals surface area contributed by atoms with Crippen LogP contribution in [0.25, 0.3) is 0 Å². The second-order valence-corrected chi connectivity index (χ2v) is 6.22. The Morgan fingerprint density at radius 3 is 1.89 bits per heavy atom. The lowest BCUT2D eigenvalue weighted by Crippen LogP contribution is -2.41. The smallest absolute Gasteiger partial charge is 0.292 e. The third-order valence-corrected chi connectivity index (χ3v) is 5.50. The van der Waals surface area contributed by atoms with Gasteiger partial charge in [-0.25, -0.2) is 4.99 Å². The lowest BCUT2D eigenvalue weighted by molar-refractivity contribution is -0.230. The fourth-order valence-electron chi connectivity index (χ4n) is 4.29. The number of fused-ring (bicyclic) bond motifs is 1. The van der Waals surface area contributed by atoms with E-state index < -0.39 is 22.7 Å². The Kier molecular flexibility index (Phi) is 4.18. The molecule has 1 aliphatic carbocycles. The van der Waals surface area contributed by atoms with Gasteiger partial charge in [0.1, 0.15) is 11.3 Å². The van der Waals surface area contributed by atoms with Gasteiger partial charge in [0, 0.05) is 20.1 Å². The topological polar surface area (TPSA) is 132 Å². The average Bonchev–Trinajstić information content (AvgIpc) is 3.28. The van der Waals surface area contributed by atoms with Crippen LogP contribution in [0.15, 0.2) is 17.1 Å². The molecule has 1 aromatic carbocycles. The van der Waals surface area contributed by atoms with Crippen LogP contribution in [0.3, 0.4) is 0 Å². The maximum atomic E-state index is 10.1. The minimum atomic E-state index is -1.69. The lowest BCUT2D eigenvalue weighted by Gasteiger charge is -2.29. The van der Waals surface area contributed by atoms with Crippen LogP contribution >= 0.6 is 0 Å². The summed E-state index contributed by atoms with van der Waals surface area (Å²) in [7, 11) is 7.18. The Balaban J connectivity index is 2.27.